The van der Waals surface area contributed by atoms with Crippen molar-refractivity contribution in [2.24, 2.45) is 5.73 Å². The minimum Gasteiger partial charge on any atom is -0.496 e. The SMILES string of the molecule is COc1ccc(C(CN)N(C)C2CC2)cc1Br. The third kappa shape index (κ3) is 2.81. The Morgan fingerprint density at radius 2 is 2.24 bits per heavy atom. The summed E-state index contributed by atoms with van der Waals surface area (Å²) in [5.74, 6) is 0.860. The van der Waals surface area contributed by atoms with Crippen molar-refractivity contribution in [2.75, 3.05) is 20.7 Å². The predicted molar refractivity (Wildman–Crippen MR) is 73.3 cm³/mol. The summed E-state index contributed by atoms with van der Waals surface area (Å²) in [5, 5.41) is 0. The van der Waals surface area contributed by atoms with Gasteiger partial charge in [-0.05, 0) is 53.5 Å². The minimum atomic E-state index is 0.296. The molecule has 17 heavy (non-hydrogen) atoms. The van der Waals surface area contributed by atoms with Crippen molar-refractivity contribution in [3.63, 3.8) is 0 Å². The van der Waals surface area contributed by atoms with Gasteiger partial charge in [-0.1, -0.05) is 6.07 Å². The van der Waals surface area contributed by atoms with Gasteiger partial charge in [0.1, 0.15) is 5.75 Å². The van der Waals surface area contributed by atoms with Gasteiger partial charge in [0.05, 0.1) is 11.6 Å². The van der Waals surface area contributed by atoms with Crippen LogP contribution in [0.4, 0.5) is 0 Å². The van der Waals surface area contributed by atoms with E-state index in [1.165, 1.54) is 18.4 Å². The second kappa shape index (κ2) is 5.38. The molecular weight excluding hydrogens is 280 g/mol. The van der Waals surface area contributed by atoms with E-state index in [9.17, 15) is 0 Å². The van der Waals surface area contributed by atoms with Crippen LogP contribution in [0.3, 0.4) is 0 Å². The van der Waals surface area contributed by atoms with E-state index >= 15 is 0 Å². The molecule has 94 valence electrons. The zero-order chi connectivity index (χ0) is 12.4. The molecule has 0 spiro atoms. The standard InChI is InChI=1S/C13H19BrN2O/c1-16(10-4-5-10)12(8-15)9-3-6-13(17-2)11(14)7-9/h3,6-7,10,12H,4-5,8,15H2,1-2H3. The Balaban J connectivity index is 2.21. The molecule has 4 heteroatoms. The summed E-state index contributed by atoms with van der Waals surface area (Å²) in [5.41, 5.74) is 7.15. The predicted octanol–water partition coefficient (Wildman–Crippen LogP) is 2.55. The fourth-order valence-electron chi connectivity index (χ4n) is 2.16. The van der Waals surface area contributed by atoms with E-state index in [1.54, 1.807) is 7.11 Å². The summed E-state index contributed by atoms with van der Waals surface area (Å²) in [6.45, 7) is 0.645. The van der Waals surface area contributed by atoms with Crippen molar-refractivity contribution in [3.8, 4) is 5.75 Å². The summed E-state index contributed by atoms with van der Waals surface area (Å²) in [4.78, 5) is 2.38. The summed E-state index contributed by atoms with van der Waals surface area (Å²) >= 11 is 3.52. The number of hydrogen-bond donors (Lipinski definition) is 1. The first-order valence-electron chi connectivity index (χ1n) is 5.92. The van der Waals surface area contributed by atoms with Crippen LogP contribution in [-0.4, -0.2) is 31.6 Å². The smallest absolute Gasteiger partial charge is 0.133 e. The van der Waals surface area contributed by atoms with Crippen molar-refractivity contribution in [1.29, 1.82) is 0 Å². The third-order valence-electron chi connectivity index (χ3n) is 3.40. The quantitative estimate of drug-likeness (QED) is 0.908. The Morgan fingerprint density at radius 3 is 2.71 bits per heavy atom. The Hall–Kier alpha value is -0.580. The van der Waals surface area contributed by atoms with Crippen LogP contribution in [0.1, 0.15) is 24.4 Å². The van der Waals surface area contributed by atoms with Gasteiger partial charge < -0.3 is 10.5 Å². The third-order valence-corrected chi connectivity index (χ3v) is 4.02. The lowest BCUT2D eigenvalue weighted by Gasteiger charge is -2.27. The zero-order valence-corrected chi connectivity index (χ0v) is 11.9. The average molecular weight is 299 g/mol. The molecule has 0 aliphatic heterocycles. The molecule has 3 nitrogen and oxygen atoms in total. The zero-order valence-electron chi connectivity index (χ0n) is 10.3. The first-order valence-corrected chi connectivity index (χ1v) is 6.72. The number of nitrogens with zero attached hydrogens (tertiary/aromatic N) is 1. The Kier molecular flexibility index (Phi) is 4.07. The van der Waals surface area contributed by atoms with Gasteiger partial charge in [0.2, 0.25) is 0 Å². The Bertz CT molecular complexity index is 393. The van der Waals surface area contributed by atoms with E-state index in [-0.39, 0.29) is 0 Å². The summed E-state index contributed by atoms with van der Waals surface area (Å²) < 4.78 is 6.23. The molecule has 1 atom stereocenters. The molecule has 1 saturated carbocycles. The molecule has 1 aromatic rings. The van der Waals surface area contributed by atoms with Crippen LogP contribution in [-0.2, 0) is 0 Å². The van der Waals surface area contributed by atoms with Crippen LogP contribution in [0.5, 0.6) is 5.75 Å². The van der Waals surface area contributed by atoms with E-state index in [2.05, 4.69) is 40.0 Å². The van der Waals surface area contributed by atoms with Crippen LogP contribution < -0.4 is 10.5 Å². The highest BCUT2D eigenvalue weighted by atomic mass is 79.9. The number of benzene rings is 1. The lowest BCUT2D eigenvalue weighted by molar-refractivity contribution is 0.240. The summed E-state index contributed by atoms with van der Waals surface area (Å²) in [6, 6.07) is 7.20. The van der Waals surface area contributed by atoms with Crippen molar-refractivity contribution in [3.05, 3.63) is 28.2 Å². The minimum absolute atomic E-state index is 0.296. The molecule has 1 aliphatic carbocycles. The number of likely N-dealkylation sites (N-methyl/N-ethyl adjacent to an activating group) is 1. The molecular formula is C13H19BrN2O. The topological polar surface area (TPSA) is 38.5 Å². The molecule has 0 aromatic heterocycles. The number of rotatable bonds is 5. The highest BCUT2D eigenvalue weighted by Gasteiger charge is 2.31. The van der Waals surface area contributed by atoms with Crippen LogP contribution >= 0.6 is 15.9 Å². The van der Waals surface area contributed by atoms with Gasteiger partial charge in [0, 0.05) is 18.6 Å². The van der Waals surface area contributed by atoms with Crippen LogP contribution in [0, 0.1) is 0 Å². The van der Waals surface area contributed by atoms with E-state index in [4.69, 9.17) is 10.5 Å². The maximum absolute atomic E-state index is 5.90. The molecule has 2 N–H and O–H groups in total. The molecule has 0 radical (unpaired) electrons. The van der Waals surface area contributed by atoms with Gasteiger partial charge in [0.25, 0.3) is 0 Å². The Morgan fingerprint density at radius 1 is 1.53 bits per heavy atom. The van der Waals surface area contributed by atoms with Crippen molar-refractivity contribution in [2.45, 2.75) is 24.9 Å². The van der Waals surface area contributed by atoms with Gasteiger partial charge in [-0.3, -0.25) is 4.90 Å². The van der Waals surface area contributed by atoms with Crippen LogP contribution in [0.2, 0.25) is 0 Å². The van der Waals surface area contributed by atoms with Gasteiger partial charge in [0.15, 0.2) is 0 Å². The highest BCUT2D eigenvalue weighted by Crippen LogP contribution is 2.34. The molecule has 1 aromatic carbocycles. The molecule has 0 heterocycles. The lowest BCUT2D eigenvalue weighted by Crippen LogP contribution is -2.32. The number of halogens is 1. The van der Waals surface area contributed by atoms with Crippen molar-refractivity contribution in [1.82, 2.24) is 4.90 Å². The molecule has 1 aliphatic rings. The van der Waals surface area contributed by atoms with Gasteiger partial charge in [-0.2, -0.15) is 0 Å². The Labute approximate surface area is 111 Å². The monoisotopic (exact) mass is 298 g/mol. The molecule has 0 bridgehead atoms. The fraction of sp³-hybridized carbons (Fsp3) is 0.538. The van der Waals surface area contributed by atoms with Gasteiger partial charge in [-0.25, -0.2) is 0 Å². The number of nitrogens with two attached hydrogens (primary N) is 1. The highest BCUT2D eigenvalue weighted by molar-refractivity contribution is 9.10. The average Bonchev–Trinajstić information content (AvgIpc) is 3.14. The molecule has 2 rings (SSSR count). The van der Waals surface area contributed by atoms with Gasteiger partial charge >= 0.3 is 0 Å². The van der Waals surface area contributed by atoms with E-state index < -0.39 is 0 Å². The van der Waals surface area contributed by atoms with E-state index in [0.717, 1.165) is 10.2 Å². The van der Waals surface area contributed by atoms with Crippen LogP contribution in [0.15, 0.2) is 22.7 Å². The lowest BCUT2D eigenvalue weighted by atomic mass is 10.1. The molecule has 1 fully saturated rings. The summed E-state index contributed by atoms with van der Waals surface area (Å²) in [7, 11) is 3.84. The second-order valence-corrected chi connectivity index (χ2v) is 5.40. The first-order chi connectivity index (χ1) is 8.17. The fourth-order valence-corrected chi connectivity index (χ4v) is 2.72. The molecule has 0 amide bonds. The largest absolute Gasteiger partial charge is 0.496 e. The maximum atomic E-state index is 5.90. The van der Waals surface area contributed by atoms with Crippen molar-refractivity contribution >= 4 is 15.9 Å². The first kappa shape index (κ1) is 12.9. The maximum Gasteiger partial charge on any atom is 0.133 e. The normalized spacial score (nSPS) is 17.2. The van der Waals surface area contributed by atoms with Crippen molar-refractivity contribution < 1.29 is 4.74 Å². The number of methoxy groups -OCH3 is 1. The van der Waals surface area contributed by atoms with E-state index in [1.807, 2.05) is 6.07 Å². The summed E-state index contributed by atoms with van der Waals surface area (Å²) in [6.07, 6.45) is 2.59. The second-order valence-electron chi connectivity index (χ2n) is 4.54. The number of hydrogen-bond acceptors (Lipinski definition) is 3. The molecule has 0 saturated heterocycles. The van der Waals surface area contributed by atoms with Crippen LogP contribution in [0.25, 0.3) is 0 Å². The van der Waals surface area contributed by atoms with E-state index in [0.29, 0.717) is 18.6 Å². The van der Waals surface area contributed by atoms with Gasteiger partial charge in [-0.15, -0.1) is 0 Å². The number of ether oxygens (including phenoxy) is 1. The molecule has 1 unspecified atom stereocenters.